The second kappa shape index (κ2) is 7.59. The summed E-state index contributed by atoms with van der Waals surface area (Å²) in [5.74, 6) is 0.540. The minimum atomic E-state index is -3.24. The van der Waals surface area contributed by atoms with Crippen LogP contribution in [0, 0.1) is 12.8 Å². The largest absolute Gasteiger partial charge is 0.352 e. The molecule has 1 aromatic carbocycles. The lowest BCUT2D eigenvalue weighted by atomic mass is 9.99. The maximum absolute atomic E-state index is 12.4. The highest BCUT2D eigenvalue weighted by Crippen LogP contribution is 2.19. The Balaban J connectivity index is 1.57. The van der Waals surface area contributed by atoms with Crippen LogP contribution in [-0.4, -0.2) is 47.5 Å². The van der Waals surface area contributed by atoms with E-state index in [0.717, 1.165) is 23.5 Å². The summed E-state index contributed by atoms with van der Waals surface area (Å²) in [4.78, 5) is 16.6. The maximum Gasteiger partial charge on any atom is 0.224 e. The van der Waals surface area contributed by atoms with E-state index in [1.54, 1.807) is 6.20 Å². The fraction of sp³-hybridized carbons (Fsp3) is 0.444. The molecule has 1 aromatic heterocycles. The fourth-order valence-electron chi connectivity index (χ4n) is 3.22. The third-order valence-corrected chi connectivity index (χ3v) is 6.00. The number of sulfonamides is 1. The first-order valence-electron chi connectivity index (χ1n) is 8.66. The molecule has 1 saturated heterocycles. The van der Waals surface area contributed by atoms with Gasteiger partial charge in [-0.2, -0.15) is 0 Å². The summed E-state index contributed by atoms with van der Waals surface area (Å²) in [5, 5.41) is 2.93. The van der Waals surface area contributed by atoms with E-state index >= 15 is 0 Å². The SMILES string of the molecule is Cc1nccn1-c1ccc(CNC(=O)[C@@H]2CCCN(S(C)(=O)=O)C2)cc1. The van der Waals surface area contributed by atoms with Crippen molar-refractivity contribution in [2.75, 3.05) is 19.3 Å². The van der Waals surface area contributed by atoms with Crippen molar-refractivity contribution >= 4 is 15.9 Å². The number of aromatic nitrogens is 2. The van der Waals surface area contributed by atoms with Crippen LogP contribution < -0.4 is 5.32 Å². The molecule has 26 heavy (non-hydrogen) atoms. The van der Waals surface area contributed by atoms with Crippen LogP contribution >= 0.6 is 0 Å². The van der Waals surface area contributed by atoms with Gasteiger partial charge in [0.05, 0.1) is 12.2 Å². The van der Waals surface area contributed by atoms with Gasteiger partial charge in [-0.25, -0.2) is 17.7 Å². The van der Waals surface area contributed by atoms with E-state index in [1.807, 2.05) is 42.0 Å². The lowest BCUT2D eigenvalue weighted by Crippen LogP contribution is -2.44. The Kier molecular flexibility index (Phi) is 5.43. The smallest absolute Gasteiger partial charge is 0.224 e. The molecular formula is C18H24N4O3S. The molecule has 1 N–H and O–H groups in total. The Labute approximate surface area is 154 Å². The molecule has 0 unspecified atom stereocenters. The average molecular weight is 376 g/mol. The Bertz CT molecular complexity index is 874. The Morgan fingerprint density at radius 2 is 2.04 bits per heavy atom. The third-order valence-electron chi connectivity index (χ3n) is 4.73. The van der Waals surface area contributed by atoms with Gasteiger partial charge in [0.2, 0.25) is 15.9 Å². The summed E-state index contributed by atoms with van der Waals surface area (Å²) in [7, 11) is -3.24. The first kappa shape index (κ1) is 18.6. The minimum absolute atomic E-state index is 0.0899. The van der Waals surface area contributed by atoms with E-state index in [1.165, 1.54) is 10.6 Å². The number of aryl methyl sites for hydroxylation is 1. The molecule has 1 aliphatic heterocycles. The van der Waals surface area contributed by atoms with Gasteiger partial charge < -0.3 is 9.88 Å². The van der Waals surface area contributed by atoms with Crippen molar-refractivity contribution in [1.82, 2.24) is 19.2 Å². The summed E-state index contributed by atoms with van der Waals surface area (Å²) < 4.78 is 26.7. The molecule has 0 radical (unpaired) electrons. The molecule has 1 aliphatic rings. The molecule has 0 saturated carbocycles. The number of benzene rings is 1. The molecule has 1 amide bonds. The zero-order valence-electron chi connectivity index (χ0n) is 15.1. The number of rotatable bonds is 5. The van der Waals surface area contributed by atoms with Crippen LogP contribution in [0.1, 0.15) is 24.2 Å². The number of hydrogen-bond acceptors (Lipinski definition) is 4. The molecule has 7 nitrogen and oxygen atoms in total. The van der Waals surface area contributed by atoms with Crippen molar-refractivity contribution in [3.8, 4) is 5.69 Å². The van der Waals surface area contributed by atoms with E-state index in [9.17, 15) is 13.2 Å². The number of nitrogens with zero attached hydrogens (tertiary/aromatic N) is 3. The summed E-state index contributed by atoms with van der Waals surface area (Å²) in [6.45, 7) is 3.14. The van der Waals surface area contributed by atoms with Gasteiger partial charge in [-0.05, 0) is 37.5 Å². The summed E-state index contributed by atoms with van der Waals surface area (Å²) in [6.07, 6.45) is 6.29. The highest BCUT2D eigenvalue weighted by atomic mass is 32.2. The first-order valence-corrected chi connectivity index (χ1v) is 10.5. The van der Waals surface area contributed by atoms with Crippen LogP contribution in [0.4, 0.5) is 0 Å². The van der Waals surface area contributed by atoms with Crippen molar-refractivity contribution in [2.24, 2.45) is 5.92 Å². The zero-order valence-corrected chi connectivity index (χ0v) is 15.9. The quantitative estimate of drug-likeness (QED) is 0.856. The second-order valence-electron chi connectivity index (χ2n) is 6.69. The highest BCUT2D eigenvalue weighted by molar-refractivity contribution is 7.88. The summed E-state index contributed by atoms with van der Waals surface area (Å²) in [6, 6.07) is 7.92. The van der Waals surface area contributed by atoms with Gasteiger partial charge in [0, 0.05) is 37.7 Å². The molecule has 0 bridgehead atoms. The molecule has 8 heteroatoms. The van der Waals surface area contributed by atoms with Crippen LogP contribution in [0.3, 0.4) is 0 Å². The van der Waals surface area contributed by atoms with Gasteiger partial charge in [0.1, 0.15) is 5.82 Å². The van der Waals surface area contributed by atoms with Crippen molar-refractivity contribution in [3.05, 3.63) is 48.0 Å². The van der Waals surface area contributed by atoms with E-state index in [0.29, 0.717) is 19.5 Å². The number of imidazole rings is 1. The third kappa shape index (κ3) is 4.31. The Morgan fingerprint density at radius 1 is 1.31 bits per heavy atom. The normalized spacial score (nSPS) is 18.6. The minimum Gasteiger partial charge on any atom is -0.352 e. The van der Waals surface area contributed by atoms with E-state index in [2.05, 4.69) is 10.3 Å². The molecule has 3 rings (SSSR count). The first-order chi connectivity index (χ1) is 12.3. The standard InChI is InChI=1S/C18H24N4O3S/c1-14-19-9-11-22(14)17-7-5-15(6-8-17)12-20-18(23)16-4-3-10-21(13-16)26(2,24)25/h5-9,11,16H,3-4,10,12-13H2,1-2H3,(H,20,23)/t16-/m1/s1. The van der Waals surface area contributed by atoms with Gasteiger partial charge in [0.25, 0.3) is 0 Å². The summed E-state index contributed by atoms with van der Waals surface area (Å²) >= 11 is 0. The highest BCUT2D eigenvalue weighted by Gasteiger charge is 2.29. The Hall–Kier alpha value is -2.19. The number of amides is 1. The molecule has 0 aliphatic carbocycles. The second-order valence-corrected chi connectivity index (χ2v) is 8.67. The van der Waals surface area contributed by atoms with Gasteiger partial charge >= 0.3 is 0 Å². The molecule has 140 valence electrons. The Morgan fingerprint density at radius 3 is 2.65 bits per heavy atom. The average Bonchev–Trinajstić information content (AvgIpc) is 3.05. The van der Waals surface area contributed by atoms with E-state index in [4.69, 9.17) is 0 Å². The predicted octanol–water partition coefficient (Wildman–Crippen LogP) is 1.47. The monoisotopic (exact) mass is 376 g/mol. The van der Waals surface area contributed by atoms with Crippen molar-refractivity contribution in [1.29, 1.82) is 0 Å². The van der Waals surface area contributed by atoms with Crippen LogP contribution in [0.2, 0.25) is 0 Å². The van der Waals surface area contributed by atoms with Crippen molar-refractivity contribution < 1.29 is 13.2 Å². The van der Waals surface area contributed by atoms with Gasteiger partial charge in [-0.1, -0.05) is 12.1 Å². The van der Waals surface area contributed by atoms with Gasteiger partial charge in [-0.3, -0.25) is 4.79 Å². The number of carbonyl (C=O) groups is 1. The van der Waals surface area contributed by atoms with Crippen LogP contribution in [0.5, 0.6) is 0 Å². The van der Waals surface area contributed by atoms with Gasteiger partial charge in [0.15, 0.2) is 0 Å². The van der Waals surface area contributed by atoms with E-state index < -0.39 is 10.0 Å². The molecule has 1 atom stereocenters. The number of piperidine rings is 1. The lowest BCUT2D eigenvalue weighted by molar-refractivity contribution is -0.126. The van der Waals surface area contributed by atoms with Gasteiger partial charge in [-0.15, -0.1) is 0 Å². The molecule has 0 spiro atoms. The van der Waals surface area contributed by atoms with Crippen LogP contribution in [0.25, 0.3) is 5.69 Å². The van der Waals surface area contributed by atoms with Crippen LogP contribution in [0.15, 0.2) is 36.7 Å². The fourth-order valence-corrected chi connectivity index (χ4v) is 4.13. The molecule has 2 aromatic rings. The number of nitrogens with one attached hydrogen (secondary N) is 1. The topological polar surface area (TPSA) is 84.3 Å². The maximum atomic E-state index is 12.4. The van der Waals surface area contributed by atoms with Crippen molar-refractivity contribution in [3.63, 3.8) is 0 Å². The zero-order chi connectivity index (χ0) is 18.7. The molecular weight excluding hydrogens is 352 g/mol. The van der Waals surface area contributed by atoms with Crippen molar-refractivity contribution in [2.45, 2.75) is 26.3 Å². The summed E-state index contributed by atoms with van der Waals surface area (Å²) in [5.41, 5.74) is 2.02. The lowest BCUT2D eigenvalue weighted by Gasteiger charge is -2.30. The van der Waals surface area contributed by atoms with E-state index in [-0.39, 0.29) is 18.4 Å². The van der Waals surface area contributed by atoms with Crippen LogP contribution in [-0.2, 0) is 21.4 Å². The molecule has 1 fully saturated rings. The molecule has 2 heterocycles. The predicted molar refractivity (Wildman–Crippen MR) is 99.3 cm³/mol. The number of carbonyl (C=O) groups excluding carboxylic acids is 1. The number of hydrogen-bond donors (Lipinski definition) is 1.